The molecule has 23 heavy (non-hydrogen) atoms. The largest absolute Gasteiger partial charge is 0.493 e. The molecule has 0 aliphatic carbocycles. The SMILES string of the molecule is COc1ccc(Sc2ccccc2C=C(C#N)C#N)cc1OC. The summed E-state index contributed by atoms with van der Waals surface area (Å²) in [5.41, 5.74) is 0.899. The smallest absolute Gasteiger partial charge is 0.161 e. The second kappa shape index (κ2) is 7.93. The zero-order valence-corrected chi connectivity index (χ0v) is 13.6. The van der Waals surface area contributed by atoms with Gasteiger partial charge in [0.2, 0.25) is 0 Å². The summed E-state index contributed by atoms with van der Waals surface area (Å²) in [6, 6.07) is 17.0. The fourth-order valence-corrected chi connectivity index (χ4v) is 2.89. The average Bonchev–Trinajstić information content (AvgIpc) is 2.60. The third-order valence-electron chi connectivity index (χ3n) is 3.04. The fourth-order valence-electron chi connectivity index (χ4n) is 1.94. The van der Waals surface area contributed by atoms with Crippen molar-refractivity contribution in [3.8, 4) is 23.6 Å². The van der Waals surface area contributed by atoms with Crippen molar-refractivity contribution in [3.63, 3.8) is 0 Å². The van der Waals surface area contributed by atoms with Crippen molar-refractivity contribution < 1.29 is 9.47 Å². The zero-order valence-electron chi connectivity index (χ0n) is 12.7. The monoisotopic (exact) mass is 322 g/mol. The molecule has 0 fully saturated rings. The second-order valence-electron chi connectivity index (χ2n) is 4.44. The van der Waals surface area contributed by atoms with Crippen molar-refractivity contribution in [1.82, 2.24) is 0 Å². The Bertz CT molecular complexity index is 801. The van der Waals surface area contributed by atoms with Crippen molar-refractivity contribution in [1.29, 1.82) is 10.5 Å². The number of rotatable bonds is 5. The van der Waals surface area contributed by atoms with Crippen LogP contribution in [0.3, 0.4) is 0 Å². The van der Waals surface area contributed by atoms with Gasteiger partial charge in [0.1, 0.15) is 17.7 Å². The van der Waals surface area contributed by atoms with Crippen molar-refractivity contribution in [2.75, 3.05) is 14.2 Å². The molecule has 2 rings (SSSR count). The van der Waals surface area contributed by atoms with E-state index in [1.165, 1.54) is 11.8 Å². The number of allylic oxidation sites excluding steroid dienone is 1. The number of hydrogen-bond acceptors (Lipinski definition) is 5. The molecule has 0 bridgehead atoms. The number of methoxy groups -OCH3 is 2. The minimum absolute atomic E-state index is 0.0744. The first-order valence-corrected chi connectivity index (χ1v) is 7.54. The Labute approximate surface area is 139 Å². The molecule has 5 heteroatoms. The first-order chi connectivity index (χ1) is 11.2. The van der Waals surface area contributed by atoms with Crippen LogP contribution in [0.4, 0.5) is 0 Å². The maximum Gasteiger partial charge on any atom is 0.161 e. The average molecular weight is 322 g/mol. The maximum atomic E-state index is 8.92. The van der Waals surface area contributed by atoms with Gasteiger partial charge in [-0.25, -0.2) is 0 Å². The van der Waals surface area contributed by atoms with E-state index in [4.69, 9.17) is 20.0 Å². The van der Waals surface area contributed by atoms with Crippen LogP contribution in [0.2, 0.25) is 0 Å². The van der Waals surface area contributed by atoms with Crippen LogP contribution in [0, 0.1) is 22.7 Å². The van der Waals surface area contributed by atoms with E-state index in [1.807, 2.05) is 54.6 Å². The number of benzene rings is 2. The van der Waals surface area contributed by atoms with Gasteiger partial charge in [0.25, 0.3) is 0 Å². The number of nitrogens with zero attached hydrogens (tertiary/aromatic N) is 2. The quantitative estimate of drug-likeness (QED) is 0.768. The van der Waals surface area contributed by atoms with E-state index in [0.717, 1.165) is 15.4 Å². The highest BCUT2D eigenvalue weighted by molar-refractivity contribution is 7.99. The molecule has 114 valence electrons. The summed E-state index contributed by atoms with van der Waals surface area (Å²) >= 11 is 1.53. The van der Waals surface area contributed by atoms with E-state index in [0.29, 0.717) is 11.5 Å². The van der Waals surface area contributed by atoms with E-state index in [2.05, 4.69) is 0 Å². The highest BCUT2D eigenvalue weighted by atomic mass is 32.2. The summed E-state index contributed by atoms with van der Waals surface area (Å²) in [5.74, 6) is 1.32. The molecule has 2 aromatic rings. The molecule has 0 aromatic heterocycles. The van der Waals surface area contributed by atoms with E-state index < -0.39 is 0 Å². The van der Waals surface area contributed by atoms with Crippen LogP contribution in [0.25, 0.3) is 6.08 Å². The Morgan fingerprint density at radius 3 is 2.35 bits per heavy atom. The van der Waals surface area contributed by atoms with Crippen LogP contribution in [0.15, 0.2) is 57.8 Å². The Morgan fingerprint density at radius 2 is 1.70 bits per heavy atom. The summed E-state index contributed by atoms with van der Waals surface area (Å²) in [4.78, 5) is 1.92. The van der Waals surface area contributed by atoms with Gasteiger partial charge in [0, 0.05) is 9.79 Å². The molecule has 4 nitrogen and oxygen atoms in total. The first-order valence-electron chi connectivity index (χ1n) is 6.72. The standard InChI is InChI=1S/C18H14N2O2S/c1-21-16-8-7-15(10-17(16)22-2)23-18-6-4-3-5-14(18)9-13(11-19)12-20/h3-10H,1-2H3. The molecule has 0 amide bonds. The number of hydrogen-bond donors (Lipinski definition) is 0. The predicted molar refractivity (Wildman–Crippen MR) is 89.3 cm³/mol. The van der Waals surface area contributed by atoms with Crippen LogP contribution in [-0.4, -0.2) is 14.2 Å². The lowest BCUT2D eigenvalue weighted by atomic mass is 10.1. The predicted octanol–water partition coefficient (Wildman–Crippen LogP) is 4.29. The Balaban J connectivity index is 2.37. The summed E-state index contributed by atoms with van der Waals surface area (Å²) < 4.78 is 10.5. The molecule has 0 aliphatic rings. The van der Waals surface area contributed by atoms with Crippen molar-refractivity contribution in [2.45, 2.75) is 9.79 Å². The summed E-state index contributed by atoms with van der Waals surface area (Å²) in [6.45, 7) is 0. The van der Waals surface area contributed by atoms with Crippen LogP contribution in [0.1, 0.15) is 5.56 Å². The van der Waals surface area contributed by atoms with Crippen LogP contribution in [-0.2, 0) is 0 Å². The lowest BCUT2D eigenvalue weighted by Crippen LogP contribution is -1.90. The van der Waals surface area contributed by atoms with Gasteiger partial charge < -0.3 is 9.47 Å². The highest BCUT2D eigenvalue weighted by Gasteiger charge is 2.08. The second-order valence-corrected chi connectivity index (χ2v) is 5.55. The van der Waals surface area contributed by atoms with Crippen LogP contribution >= 0.6 is 11.8 Å². The highest BCUT2D eigenvalue weighted by Crippen LogP contribution is 2.36. The molecule has 0 aliphatic heterocycles. The Morgan fingerprint density at radius 1 is 1.00 bits per heavy atom. The van der Waals surface area contributed by atoms with Gasteiger partial charge in [-0.2, -0.15) is 10.5 Å². The molecule has 0 unspecified atom stereocenters. The summed E-state index contributed by atoms with van der Waals surface area (Å²) in [6.07, 6.45) is 1.59. The molecule has 0 N–H and O–H groups in total. The minimum Gasteiger partial charge on any atom is -0.493 e. The van der Waals surface area contributed by atoms with Crippen molar-refractivity contribution >= 4 is 17.8 Å². The van der Waals surface area contributed by atoms with Gasteiger partial charge in [-0.3, -0.25) is 0 Å². The topological polar surface area (TPSA) is 66.0 Å². The van der Waals surface area contributed by atoms with Gasteiger partial charge in [-0.05, 0) is 35.9 Å². The molecule has 0 saturated carbocycles. The zero-order chi connectivity index (χ0) is 16.7. The Kier molecular flexibility index (Phi) is 5.68. The van der Waals surface area contributed by atoms with E-state index >= 15 is 0 Å². The molecule has 0 atom stereocenters. The van der Waals surface area contributed by atoms with E-state index in [-0.39, 0.29) is 5.57 Å². The van der Waals surface area contributed by atoms with Gasteiger partial charge in [-0.15, -0.1) is 0 Å². The van der Waals surface area contributed by atoms with Gasteiger partial charge in [-0.1, -0.05) is 30.0 Å². The maximum absolute atomic E-state index is 8.92. The fraction of sp³-hybridized carbons (Fsp3) is 0.111. The third-order valence-corrected chi connectivity index (χ3v) is 4.12. The van der Waals surface area contributed by atoms with E-state index in [9.17, 15) is 0 Å². The van der Waals surface area contributed by atoms with E-state index in [1.54, 1.807) is 20.3 Å². The molecule has 0 spiro atoms. The third kappa shape index (κ3) is 4.06. The van der Waals surface area contributed by atoms with Gasteiger partial charge in [0.05, 0.1) is 14.2 Å². The molecule has 0 heterocycles. The van der Waals surface area contributed by atoms with Crippen molar-refractivity contribution in [2.24, 2.45) is 0 Å². The van der Waals surface area contributed by atoms with Crippen LogP contribution < -0.4 is 9.47 Å². The van der Waals surface area contributed by atoms with Crippen LogP contribution in [0.5, 0.6) is 11.5 Å². The summed E-state index contributed by atoms with van der Waals surface area (Å²) in [7, 11) is 3.19. The molecule has 0 saturated heterocycles. The number of ether oxygens (including phenoxy) is 2. The molecule has 0 radical (unpaired) electrons. The summed E-state index contributed by atoms with van der Waals surface area (Å²) in [5, 5.41) is 17.8. The molecule has 2 aromatic carbocycles. The minimum atomic E-state index is 0.0744. The van der Waals surface area contributed by atoms with Gasteiger partial charge in [0.15, 0.2) is 11.5 Å². The number of nitriles is 2. The Hall–Kier alpha value is -2.89. The lowest BCUT2D eigenvalue weighted by Gasteiger charge is -2.10. The van der Waals surface area contributed by atoms with Gasteiger partial charge >= 0.3 is 0 Å². The molecular weight excluding hydrogens is 308 g/mol. The van der Waals surface area contributed by atoms with Crippen molar-refractivity contribution in [3.05, 3.63) is 53.6 Å². The normalized spacial score (nSPS) is 9.39. The lowest BCUT2D eigenvalue weighted by molar-refractivity contribution is 0.354. The first kappa shape index (κ1) is 16.5. The molecular formula is C18H14N2O2S.